The highest BCUT2D eigenvalue weighted by atomic mass is 32.2. The van der Waals surface area contributed by atoms with Crippen LogP contribution in [0.15, 0.2) is 23.4 Å². The number of nitrogens with one attached hydrogen (secondary N) is 2. The maximum Gasteiger partial charge on any atom is 0.242 e. The highest BCUT2D eigenvalue weighted by molar-refractivity contribution is 7.89. The van der Waals surface area contributed by atoms with E-state index in [2.05, 4.69) is 9.71 Å². The molecule has 1 aliphatic rings. The standard InChI is InChI=1S/C10H16N2O3S/c1-10(2)8(5-9(10)13)12-16(14,15)7-3-4-11-6-7/h3-4,6,8-9,11-13H,5H2,1-2H3. The molecule has 0 aromatic carbocycles. The molecular formula is C10H16N2O3S. The average molecular weight is 244 g/mol. The van der Waals surface area contributed by atoms with Crippen LogP contribution in [0, 0.1) is 5.41 Å². The quantitative estimate of drug-likeness (QED) is 0.722. The second-order valence-corrected chi connectivity index (χ2v) is 6.51. The molecule has 1 heterocycles. The predicted octanol–water partition coefficient (Wildman–Crippen LogP) is 0.452. The van der Waals surface area contributed by atoms with E-state index in [1.54, 1.807) is 6.20 Å². The van der Waals surface area contributed by atoms with Gasteiger partial charge in [-0.1, -0.05) is 13.8 Å². The highest BCUT2D eigenvalue weighted by Crippen LogP contribution is 2.41. The molecule has 0 aliphatic heterocycles. The number of aliphatic hydroxyl groups is 1. The molecule has 0 bridgehead atoms. The third kappa shape index (κ3) is 1.77. The minimum absolute atomic E-state index is 0.206. The van der Waals surface area contributed by atoms with Gasteiger partial charge in [-0.15, -0.1) is 0 Å². The predicted molar refractivity (Wildman–Crippen MR) is 59.3 cm³/mol. The van der Waals surface area contributed by atoms with Crippen LogP contribution in [-0.4, -0.2) is 30.7 Å². The number of hydrogen-bond acceptors (Lipinski definition) is 3. The van der Waals surface area contributed by atoms with Gasteiger partial charge in [0.05, 0.1) is 11.0 Å². The van der Waals surface area contributed by atoms with Crippen molar-refractivity contribution in [2.75, 3.05) is 0 Å². The topological polar surface area (TPSA) is 82.2 Å². The molecule has 1 aliphatic carbocycles. The first-order valence-corrected chi connectivity index (χ1v) is 6.65. The summed E-state index contributed by atoms with van der Waals surface area (Å²) < 4.78 is 26.4. The van der Waals surface area contributed by atoms with Crippen molar-refractivity contribution in [3.63, 3.8) is 0 Å². The van der Waals surface area contributed by atoms with Gasteiger partial charge >= 0.3 is 0 Å². The normalized spacial score (nSPS) is 28.7. The fraction of sp³-hybridized carbons (Fsp3) is 0.600. The smallest absolute Gasteiger partial charge is 0.242 e. The van der Waals surface area contributed by atoms with Crippen molar-refractivity contribution < 1.29 is 13.5 Å². The molecule has 1 saturated carbocycles. The Morgan fingerprint density at radius 1 is 1.56 bits per heavy atom. The van der Waals surface area contributed by atoms with Crippen LogP contribution in [0.4, 0.5) is 0 Å². The molecule has 3 N–H and O–H groups in total. The van der Waals surface area contributed by atoms with Gasteiger partial charge < -0.3 is 10.1 Å². The zero-order valence-electron chi connectivity index (χ0n) is 9.27. The monoisotopic (exact) mass is 244 g/mol. The minimum Gasteiger partial charge on any atom is -0.392 e. The summed E-state index contributed by atoms with van der Waals surface area (Å²) in [6, 6.07) is 1.30. The molecule has 2 atom stereocenters. The van der Waals surface area contributed by atoms with E-state index in [9.17, 15) is 13.5 Å². The Hall–Kier alpha value is -0.850. The van der Waals surface area contributed by atoms with E-state index in [1.165, 1.54) is 12.3 Å². The van der Waals surface area contributed by atoms with Crippen LogP contribution in [0.2, 0.25) is 0 Å². The van der Waals surface area contributed by atoms with Crippen LogP contribution in [0.5, 0.6) is 0 Å². The fourth-order valence-electron chi connectivity index (χ4n) is 1.83. The summed E-state index contributed by atoms with van der Waals surface area (Å²) in [6.45, 7) is 3.71. The summed E-state index contributed by atoms with van der Waals surface area (Å²) in [5.41, 5.74) is -0.399. The SMILES string of the molecule is CC1(C)C(O)CC1NS(=O)(=O)c1cc[nH]c1. The summed E-state index contributed by atoms with van der Waals surface area (Å²) in [4.78, 5) is 2.93. The number of aromatic nitrogens is 1. The summed E-state index contributed by atoms with van der Waals surface area (Å²) in [6.07, 6.45) is 3.03. The Labute approximate surface area is 94.9 Å². The van der Waals surface area contributed by atoms with Crippen molar-refractivity contribution >= 4 is 10.0 Å². The number of aliphatic hydroxyl groups excluding tert-OH is 1. The van der Waals surface area contributed by atoms with Crippen molar-refractivity contribution in [1.82, 2.24) is 9.71 Å². The lowest BCUT2D eigenvalue weighted by Crippen LogP contribution is -2.61. The van der Waals surface area contributed by atoms with Gasteiger partial charge in [0.2, 0.25) is 10.0 Å². The molecule has 0 spiro atoms. The molecule has 6 heteroatoms. The van der Waals surface area contributed by atoms with E-state index >= 15 is 0 Å². The van der Waals surface area contributed by atoms with Crippen molar-refractivity contribution in [2.45, 2.75) is 37.3 Å². The van der Waals surface area contributed by atoms with E-state index in [0.29, 0.717) is 6.42 Å². The van der Waals surface area contributed by atoms with E-state index in [4.69, 9.17) is 0 Å². The van der Waals surface area contributed by atoms with Gasteiger partial charge in [0, 0.05) is 23.9 Å². The molecule has 5 nitrogen and oxygen atoms in total. The van der Waals surface area contributed by atoms with Gasteiger partial charge in [-0.05, 0) is 12.5 Å². The van der Waals surface area contributed by atoms with Crippen molar-refractivity contribution in [3.8, 4) is 0 Å². The van der Waals surface area contributed by atoms with Gasteiger partial charge in [-0.25, -0.2) is 13.1 Å². The number of hydrogen-bond donors (Lipinski definition) is 3. The van der Waals surface area contributed by atoms with Crippen molar-refractivity contribution in [1.29, 1.82) is 0 Å². The molecule has 1 fully saturated rings. The maximum absolute atomic E-state index is 11.9. The van der Waals surface area contributed by atoms with Crippen LogP contribution in [-0.2, 0) is 10.0 Å². The molecule has 0 saturated heterocycles. The Bertz CT molecular complexity index is 464. The minimum atomic E-state index is -3.46. The molecule has 0 radical (unpaired) electrons. The van der Waals surface area contributed by atoms with Crippen LogP contribution < -0.4 is 4.72 Å². The molecule has 0 amide bonds. The fourth-order valence-corrected chi connectivity index (χ4v) is 3.21. The van der Waals surface area contributed by atoms with Crippen LogP contribution in [0.3, 0.4) is 0 Å². The molecule has 1 aromatic rings. The number of H-pyrrole nitrogens is 1. The molecular weight excluding hydrogens is 228 g/mol. The third-order valence-corrected chi connectivity index (χ3v) is 4.86. The Kier molecular flexibility index (Phi) is 2.60. The maximum atomic E-state index is 11.9. The summed E-state index contributed by atoms with van der Waals surface area (Å²) in [5.74, 6) is 0. The number of rotatable bonds is 3. The number of sulfonamides is 1. The molecule has 16 heavy (non-hydrogen) atoms. The lowest BCUT2D eigenvalue weighted by atomic mass is 9.65. The zero-order chi connectivity index (χ0) is 12.0. The van der Waals surface area contributed by atoms with Gasteiger partial charge in [0.15, 0.2) is 0 Å². The average Bonchev–Trinajstić information content (AvgIpc) is 2.70. The highest BCUT2D eigenvalue weighted by Gasteiger charge is 2.48. The second-order valence-electron chi connectivity index (χ2n) is 4.79. The largest absolute Gasteiger partial charge is 0.392 e. The van der Waals surface area contributed by atoms with Gasteiger partial charge in [0.25, 0.3) is 0 Å². The molecule has 1 aromatic heterocycles. The zero-order valence-corrected chi connectivity index (χ0v) is 10.1. The molecule has 2 rings (SSSR count). The Morgan fingerprint density at radius 2 is 2.25 bits per heavy atom. The third-order valence-electron chi connectivity index (χ3n) is 3.39. The van der Waals surface area contributed by atoms with Crippen LogP contribution >= 0.6 is 0 Å². The van der Waals surface area contributed by atoms with E-state index in [0.717, 1.165) is 0 Å². The van der Waals surface area contributed by atoms with Crippen LogP contribution in [0.1, 0.15) is 20.3 Å². The summed E-state index contributed by atoms with van der Waals surface area (Å²) in [7, 11) is -3.46. The molecule has 90 valence electrons. The lowest BCUT2D eigenvalue weighted by molar-refractivity contribution is -0.0645. The van der Waals surface area contributed by atoms with E-state index in [-0.39, 0.29) is 10.9 Å². The Morgan fingerprint density at radius 3 is 2.69 bits per heavy atom. The van der Waals surface area contributed by atoms with Gasteiger partial charge in [-0.2, -0.15) is 0 Å². The second kappa shape index (κ2) is 3.58. The lowest BCUT2D eigenvalue weighted by Gasteiger charge is -2.49. The van der Waals surface area contributed by atoms with Gasteiger partial charge in [0.1, 0.15) is 0 Å². The van der Waals surface area contributed by atoms with E-state index in [1.807, 2.05) is 13.8 Å². The first kappa shape index (κ1) is 11.6. The van der Waals surface area contributed by atoms with E-state index < -0.39 is 21.5 Å². The first-order valence-electron chi connectivity index (χ1n) is 5.17. The van der Waals surface area contributed by atoms with Crippen LogP contribution in [0.25, 0.3) is 0 Å². The van der Waals surface area contributed by atoms with Gasteiger partial charge in [-0.3, -0.25) is 0 Å². The Balaban J connectivity index is 2.12. The summed E-state index contributed by atoms with van der Waals surface area (Å²) >= 11 is 0. The first-order chi connectivity index (χ1) is 7.34. The van der Waals surface area contributed by atoms with Crippen molar-refractivity contribution in [3.05, 3.63) is 18.5 Å². The summed E-state index contributed by atoms with van der Waals surface area (Å²) in [5, 5.41) is 9.53. The number of aromatic amines is 1. The van der Waals surface area contributed by atoms with Crippen molar-refractivity contribution in [2.24, 2.45) is 5.41 Å². The molecule has 2 unspecified atom stereocenters.